The lowest BCUT2D eigenvalue weighted by Gasteiger charge is -2.09. The molecule has 18 heavy (non-hydrogen) atoms. The fourth-order valence-electron chi connectivity index (χ4n) is 1.23. The summed E-state index contributed by atoms with van der Waals surface area (Å²) in [5, 5.41) is 6.13. The third-order valence-corrected chi connectivity index (χ3v) is 2.38. The molecule has 0 aliphatic rings. The van der Waals surface area contributed by atoms with E-state index in [0.717, 1.165) is 6.07 Å². The van der Waals surface area contributed by atoms with Gasteiger partial charge in [0.2, 0.25) is 0 Å². The van der Waals surface area contributed by atoms with Crippen LogP contribution in [0.1, 0.15) is 11.3 Å². The van der Waals surface area contributed by atoms with E-state index in [9.17, 15) is 13.2 Å². The Labute approximate surface area is 105 Å². The average Bonchev–Trinajstić information content (AvgIpc) is 2.79. The zero-order valence-electron chi connectivity index (χ0n) is 8.83. The summed E-state index contributed by atoms with van der Waals surface area (Å²) in [4.78, 5) is 3.62. The van der Waals surface area contributed by atoms with Crippen molar-refractivity contribution in [2.24, 2.45) is 0 Å². The van der Waals surface area contributed by atoms with E-state index >= 15 is 0 Å². The number of anilines is 1. The second-order valence-corrected chi connectivity index (χ2v) is 3.79. The number of aromatic nitrogens is 2. The van der Waals surface area contributed by atoms with Gasteiger partial charge in [0.05, 0.1) is 23.3 Å². The van der Waals surface area contributed by atoms with Crippen LogP contribution in [-0.4, -0.2) is 10.1 Å². The third-order valence-electron chi connectivity index (χ3n) is 2.09. The second kappa shape index (κ2) is 4.85. The molecule has 2 rings (SSSR count). The third kappa shape index (κ3) is 2.92. The van der Waals surface area contributed by atoms with Crippen LogP contribution in [0.2, 0.25) is 5.02 Å². The molecule has 0 fully saturated rings. The van der Waals surface area contributed by atoms with Crippen molar-refractivity contribution in [3.63, 3.8) is 0 Å². The molecule has 0 aromatic carbocycles. The van der Waals surface area contributed by atoms with Crippen molar-refractivity contribution in [3.8, 4) is 0 Å². The van der Waals surface area contributed by atoms with Crippen molar-refractivity contribution < 1.29 is 17.7 Å². The number of alkyl halides is 3. The molecule has 1 N–H and O–H groups in total. The van der Waals surface area contributed by atoms with Crippen molar-refractivity contribution in [3.05, 3.63) is 40.9 Å². The van der Waals surface area contributed by atoms with Crippen molar-refractivity contribution in [2.45, 2.75) is 12.7 Å². The van der Waals surface area contributed by atoms with Gasteiger partial charge in [-0.15, -0.1) is 0 Å². The minimum atomic E-state index is -4.46. The van der Waals surface area contributed by atoms with E-state index < -0.39 is 11.7 Å². The fraction of sp³-hybridized carbons (Fsp3) is 0.200. The van der Waals surface area contributed by atoms with Crippen LogP contribution >= 0.6 is 11.6 Å². The van der Waals surface area contributed by atoms with Crippen molar-refractivity contribution in [1.29, 1.82) is 0 Å². The van der Waals surface area contributed by atoms with Crippen LogP contribution in [-0.2, 0) is 12.7 Å². The molecule has 2 aromatic heterocycles. The summed E-state index contributed by atoms with van der Waals surface area (Å²) in [5.74, 6) is 0.675. The molecule has 0 radical (unpaired) electrons. The fourth-order valence-corrected chi connectivity index (χ4v) is 1.46. The second-order valence-electron chi connectivity index (χ2n) is 3.38. The van der Waals surface area contributed by atoms with Crippen LogP contribution in [0.25, 0.3) is 0 Å². The highest BCUT2D eigenvalue weighted by atomic mass is 35.5. The van der Waals surface area contributed by atoms with Gasteiger partial charge in [0.15, 0.2) is 5.76 Å². The number of nitrogens with one attached hydrogen (secondary N) is 1. The van der Waals surface area contributed by atoms with Crippen LogP contribution in [0.15, 0.2) is 29.0 Å². The maximum Gasteiger partial charge on any atom is 0.417 e. The maximum absolute atomic E-state index is 12.4. The molecule has 0 amide bonds. The van der Waals surface area contributed by atoms with Crippen LogP contribution in [0.3, 0.4) is 0 Å². The molecule has 2 heterocycles. The highest BCUT2D eigenvalue weighted by molar-refractivity contribution is 6.32. The van der Waals surface area contributed by atoms with E-state index in [1.165, 1.54) is 6.20 Å². The Bertz CT molecular complexity index is 528. The van der Waals surface area contributed by atoms with E-state index in [-0.39, 0.29) is 17.4 Å². The summed E-state index contributed by atoms with van der Waals surface area (Å²) in [6.45, 7) is 0.234. The molecular weight excluding hydrogens is 271 g/mol. The summed E-state index contributed by atoms with van der Waals surface area (Å²) in [6.07, 6.45) is -2.28. The van der Waals surface area contributed by atoms with Crippen molar-refractivity contribution in [2.75, 3.05) is 5.32 Å². The number of nitrogens with zero attached hydrogens (tertiary/aromatic N) is 2. The van der Waals surface area contributed by atoms with Crippen LogP contribution in [0.5, 0.6) is 0 Å². The van der Waals surface area contributed by atoms with Gasteiger partial charge in [0, 0.05) is 12.3 Å². The monoisotopic (exact) mass is 277 g/mol. The molecule has 2 aromatic rings. The smallest absolute Gasteiger partial charge is 0.361 e. The van der Waals surface area contributed by atoms with Gasteiger partial charge in [-0.25, -0.2) is 4.98 Å². The topological polar surface area (TPSA) is 51.0 Å². The van der Waals surface area contributed by atoms with E-state index in [2.05, 4.69) is 15.5 Å². The van der Waals surface area contributed by atoms with E-state index in [1.807, 2.05) is 0 Å². The summed E-state index contributed by atoms with van der Waals surface area (Å²) in [6, 6.07) is 2.43. The maximum atomic E-state index is 12.4. The summed E-state index contributed by atoms with van der Waals surface area (Å²) in [5.41, 5.74) is -0.891. The van der Waals surface area contributed by atoms with Gasteiger partial charge in [0.25, 0.3) is 0 Å². The lowest BCUT2D eigenvalue weighted by atomic mass is 10.3. The normalized spacial score (nSPS) is 11.6. The zero-order chi connectivity index (χ0) is 13.2. The summed E-state index contributed by atoms with van der Waals surface area (Å²) >= 11 is 5.70. The Morgan fingerprint density at radius 1 is 1.39 bits per heavy atom. The summed E-state index contributed by atoms with van der Waals surface area (Å²) < 4.78 is 41.9. The number of hydrogen-bond acceptors (Lipinski definition) is 4. The SMILES string of the molecule is FC(F)(F)c1cnc(NCc2ccno2)c(Cl)c1. The molecule has 0 saturated carbocycles. The van der Waals surface area contributed by atoms with E-state index in [1.54, 1.807) is 6.07 Å². The Balaban J connectivity index is 2.10. The molecule has 0 atom stereocenters. The van der Waals surface area contributed by atoms with Gasteiger partial charge in [-0.3, -0.25) is 0 Å². The average molecular weight is 278 g/mol. The lowest BCUT2D eigenvalue weighted by molar-refractivity contribution is -0.137. The minimum absolute atomic E-state index is 0.107. The number of rotatable bonds is 3. The minimum Gasteiger partial charge on any atom is -0.361 e. The number of pyridine rings is 1. The molecule has 0 bridgehead atoms. The van der Waals surface area contributed by atoms with Crippen molar-refractivity contribution in [1.82, 2.24) is 10.1 Å². The highest BCUT2D eigenvalue weighted by Gasteiger charge is 2.31. The number of hydrogen-bond donors (Lipinski definition) is 1. The number of halogens is 4. The molecule has 0 aliphatic carbocycles. The first kappa shape index (κ1) is 12.7. The first-order chi connectivity index (χ1) is 8.47. The molecule has 0 spiro atoms. The summed E-state index contributed by atoms with van der Waals surface area (Å²) in [7, 11) is 0. The zero-order valence-corrected chi connectivity index (χ0v) is 9.59. The Morgan fingerprint density at radius 2 is 2.17 bits per heavy atom. The van der Waals surface area contributed by atoms with Gasteiger partial charge >= 0.3 is 6.18 Å². The Kier molecular flexibility index (Phi) is 3.42. The van der Waals surface area contributed by atoms with E-state index in [4.69, 9.17) is 16.1 Å². The quantitative estimate of drug-likeness (QED) is 0.935. The molecule has 96 valence electrons. The first-order valence-corrected chi connectivity index (χ1v) is 5.21. The molecule has 8 heteroatoms. The van der Waals surface area contributed by atoms with E-state index in [0.29, 0.717) is 12.0 Å². The molecule has 4 nitrogen and oxygen atoms in total. The lowest BCUT2D eigenvalue weighted by Crippen LogP contribution is -2.07. The predicted molar refractivity (Wildman–Crippen MR) is 58.1 cm³/mol. The predicted octanol–water partition coefficient (Wildman–Crippen LogP) is 3.35. The Morgan fingerprint density at radius 3 is 2.72 bits per heavy atom. The van der Waals surface area contributed by atoms with Gasteiger partial charge in [-0.05, 0) is 6.07 Å². The van der Waals surface area contributed by atoms with Gasteiger partial charge in [-0.1, -0.05) is 16.8 Å². The largest absolute Gasteiger partial charge is 0.417 e. The van der Waals surface area contributed by atoms with Crippen LogP contribution < -0.4 is 5.32 Å². The van der Waals surface area contributed by atoms with Crippen molar-refractivity contribution >= 4 is 17.4 Å². The molecule has 0 saturated heterocycles. The molecule has 0 aliphatic heterocycles. The molecular formula is C10H7ClF3N3O. The van der Waals surface area contributed by atoms with Gasteiger partial charge < -0.3 is 9.84 Å². The van der Waals surface area contributed by atoms with Crippen LogP contribution in [0, 0.1) is 0 Å². The molecule has 0 unspecified atom stereocenters. The van der Waals surface area contributed by atoms with Gasteiger partial charge in [-0.2, -0.15) is 13.2 Å². The first-order valence-electron chi connectivity index (χ1n) is 4.83. The highest BCUT2D eigenvalue weighted by Crippen LogP contribution is 2.32. The van der Waals surface area contributed by atoms with Gasteiger partial charge in [0.1, 0.15) is 5.82 Å². The van der Waals surface area contributed by atoms with Crippen LogP contribution in [0.4, 0.5) is 19.0 Å². The Hall–Kier alpha value is -1.76. The standard InChI is InChI=1S/C10H7ClF3N3O/c11-8-3-6(10(12,13)14)4-15-9(8)16-5-7-1-2-17-18-7/h1-4H,5H2,(H,15,16).